The van der Waals surface area contributed by atoms with Gasteiger partial charge in [-0.3, -0.25) is 14.9 Å². The summed E-state index contributed by atoms with van der Waals surface area (Å²) in [4.78, 5) is 22.6. The minimum Gasteiger partial charge on any atom is -0.467 e. The van der Waals surface area contributed by atoms with Crippen molar-refractivity contribution in [1.82, 2.24) is 5.32 Å². The molecule has 0 atom stereocenters. The molecule has 1 aliphatic heterocycles. The minimum absolute atomic E-state index is 0.0527. The summed E-state index contributed by atoms with van der Waals surface area (Å²) in [5, 5.41) is 13.8. The molecular weight excluding hydrogens is 399 g/mol. The molecule has 0 unspecified atom stereocenters. The number of nitrogens with zero attached hydrogens (tertiary/aromatic N) is 1. The number of carbonyl (C=O) groups excluding carboxylic acids is 1. The average molecular weight is 418 g/mol. The van der Waals surface area contributed by atoms with Gasteiger partial charge in [0.25, 0.3) is 5.69 Å². The quantitative estimate of drug-likeness (QED) is 0.305. The van der Waals surface area contributed by atoms with Crippen molar-refractivity contribution in [3.05, 3.63) is 75.1 Å². The monoisotopic (exact) mass is 418 g/mol. The maximum absolute atomic E-state index is 13.5. The van der Waals surface area contributed by atoms with Crippen LogP contribution in [0.4, 0.5) is 10.1 Å². The van der Waals surface area contributed by atoms with Crippen molar-refractivity contribution >= 4 is 29.4 Å². The number of benzene rings is 2. The third kappa shape index (κ3) is 5.78. The van der Waals surface area contributed by atoms with Crippen LogP contribution in [0, 0.1) is 15.9 Å². The van der Waals surface area contributed by atoms with E-state index in [1.54, 1.807) is 18.2 Å². The van der Waals surface area contributed by atoms with Gasteiger partial charge in [-0.25, -0.2) is 4.39 Å². The molecule has 1 N–H and O–H groups in total. The molecule has 9 heteroatoms. The zero-order valence-electron chi connectivity index (χ0n) is 15.4. The highest BCUT2D eigenvalue weighted by Crippen LogP contribution is 2.33. The number of nitro groups is 1. The van der Waals surface area contributed by atoms with Crippen LogP contribution < -0.4 is 10.1 Å². The first-order valence-corrected chi connectivity index (χ1v) is 9.99. The normalized spacial score (nSPS) is 13.0. The Morgan fingerprint density at radius 3 is 2.97 bits per heavy atom. The summed E-state index contributed by atoms with van der Waals surface area (Å²) >= 11 is 1.51. The minimum atomic E-state index is -0.501. The van der Waals surface area contributed by atoms with Crippen LogP contribution in [0.1, 0.15) is 16.7 Å². The molecule has 1 amide bonds. The van der Waals surface area contributed by atoms with Crippen LogP contribution in [0.25, 0.3) is 6.08 Å². The largest absolute Gasteiger partial charge is 0.467 e. The van der Waals surface area contributed by atoms with Gasteiger partial charge >= 0.3 is 0 Å². The Labute approximate surface area is 171 Å². The van der Waals surface area contributed by atoms with Crippen LogP contribution in [0.5, 0.6) is 5.75 Å². The molecule has 0 bridgehead atoms. The molecule has 0 radical (unpaired) electrons. The zero-order chi connectivity index (χ0) is 20.6. The van der Waals surface area contributed by atoms with E-state index in [-0.39, 0.29) is 30.8 Å². The predicted octanol–water partition coefficient (Wildman–Crippen LogP) is 3.66. The number of nitrogens with one attached hydrogen (secondary N) is 1. The fourth-order valence-corrected chi connectivity index (χ4v) is 3.57. The summed E-state index contributed by atoms with van der Waals surface area (Å²) in [6.45, 7) is 0.681. The topological polar surface area (TPSA) is 90.7 Å². The van der Waals surface area contributed by atoms with Crippen LogP contribution in [-0.4, -0.2) is 29.9 Å². The summed E-state index contributed by atoms with van der Waals surface area (Å²) in [7, 11) is 0. The van der Waals surface area contributed by atoms with Crippen molar-refractivity contribution < 1.29 is 23.6 Å². The van der Waals surface area contributed by atoms with Gasteiger partial charge in [-0.2, -0.15) is 11.8 Å². The predicted molar refractivity (Wildman–Crippen MR) is 108 cm³/mol. The Hall–Kier alpha value is -2.91. The number of fused-ring (bicyclic) bond motifs is 1. The molecule has 1 aliphatic rings. The first-order valence-electron chi connectivity index (χ1n) is 8.83. The number of hydrogen-bond acceptors (Lipinski definition) is 6. The van der Waals surface area contributed by atoms with Crippen molar-refractivity contribution in [2.75, 3.05) is 19.1 Å². The summed E-state index contributed by atoms with van der Waals surface area (Å²) < 4.78 is 24.1. The average Bonchev–Trinajstić information content (AvgIpc) is 2.72. The van der Waals surface area contributed by atoms with Gasteiger partial charge in [-0.05, 0) is 17.7 Å². The number of rotatable bonds is 8. The van der Waals surface area contributed by atoms with E-state index < -0.39 is 4.92 Å². The molecule has 2 aromatic carbocycles. The number of nitro benzene ring substituents is 1. The second-order valence-electron chi connectivity index (χ2n) is 6.16. The van der Waals surface area contributed by atoms with Gasteiger partial charge in [0.1, 0.15) is 11.6 Å². The van der Waals surface area contributed by atoms with E-state index in [4.69, 9.17) is 9.47 Å². The number of halogens is 1. The smallest absolute Gasteiger partial charge is 0.270 e. The summed E-state index contributed by atoms with van der Waals surface area (Å²) in [6, 6.07) is 9.35. The van der Waals surface area contributed by atoms with Gasteiger partial charge in [0.05, 0.1) is 11.5 Å². The van der Waals surface area contributed by atoms with E-state index >= 15 is 0 Å². The van der Waals surface area contributed by atoms with Gasteiger partial charge in [-0.1, -0.05) is 18.2 Å². The third-order valence-electron chi connectivity index (χ3n) is 4.11. The Morgan fingerprint density at radius 2 is 2.17 bits per heavy atom. The van der Waals surface area contributed by atoms with Gasteiger partial charge in [0.2, 0.25) is 5.91 Å². The molecule has 0 aliphatic carbocycles. The molecule has 29 heavy (non-hydrogen) atoms. The third-order valence-corrected chi connectivity index (χ3v) is 5.12. The van der Waals surface area contributed by atoms with E-state index in [9.17, 15) is 19.3 Å². The van der Waals surface area contributed by atoms with Gasteiger partial charge in [0.15, 0.2) is 6.79 Å². The molecule has 7 nitrogen and oxygen atoms in total. The molecule has 152 valence electrons. The van der Waals surface area contributed by atoms with Gasteiger partial charge in [0, 0.05) is 47.4 Å². The van der Waals surface area contributed by atoms with E-state index in [2.05, 4.69) is 5.32 Å². The lowest BCUT2D eigenvalue weighted by Gasteiger charge is -2.19. The SMILES string of the molecule is O=C(/C=C/c1cc([N+](=O)[O-])cc2c1OCOC2)NCCSCc1ccccc1F. The number of thioether (sulfide) groups is 1. The first kappa shape index (κ1) is 20.8. The van der Waals surface area contributed by atoms with Crippen LogP contribution in [0.3, 0.4) is 0 Å². The molecule has 3 rings (SSSR count). The Balaban J connectivity index is 1.52. The van der Waals surface area contributed by atoms with Crippen molar-refractivity contribution in [3.63, 3.8) is 0 Å². The van der Waals surface area contributed by atoms with Crippen molar-refractivity contribution in [2.45, 2.75) is 12.4 Å². The molecule has 0 aromatic heterocycles. The number of ether oxygens (including phenoxy) is 2. The number of amides is 1. The van der Waals surface area contributed by atoms with Crippen LogP contribution in [0.2, 0.25) is 0 Å². The lowest BCUT2D eigenvalue weighted by molar-refractivity contribution is -0.385. The van der Waals surface area contributed by atoms with E-state index in [1.165, 1.54) is 42.1 Å². The second-order valence-corrected chi connectivity index (χ2v) is 7.26. The summed E-state index contributed by atoms with van der Waals surface area (Å²) in [6.07, 6.45) is 2.79. The van der Waals surface area contributed by atoms with Crippen LogP contribution in [0.15, 0.2) is 42.5 Å². The molecule has 0 spiro atoms. The molecule has 0 saturated heterocycles. The summed E-state index contributed by atoms with van der Waals surface area (Å²) in [5.74, 6) is 1.06. The summed E-state index contributed by atoms with van der Waals surface area (Å²) in [5.41, 5.74) is 1.54. The molecule has 2 aromatic rings. The number of non-ortho nitro benzene ring substituents is 1. The molecular formula is C20H19FN2O5S. The molecule has 0 saturated carbocycles. The fourth-order valence-electron chi connectivity index (χ4n) is 2.73. The highest BCUT2D eigenvalue weighted by Gasteiger charge is 2.19. The van der Waals surface area contributed by atoms with Gasteiger partial charge in [-0.15, -0.1) is 0 Å². The second kappa shape index (κ2) is 10.0. The van der Waals surface area contributed by atoms with Gasteiger partial charge < -0.3 is 14.8 Å². The lowest BCUT2D eigenvalue weighted by atomic mass is 10.1. The first-order chi connectivity index (χ1) is 14.0. The van der Waals surface area contributed by atoms with Crippen molar-refractivity contribution in [3.8, 4) is 5.75 Å². The van der Waals surface area contributed by atoms with Crippen molar-refractivity contribution in [1.29, 1.82) is 0 Å². The highest BCUT2D eigenvalue weighted by molar-refractivity contribution is 7.98. The number of carbonyl (C=O) groups is 1. The standard InChI is InChI=1S/C20H19FN2O5S/c21-18-4-2-1-3-15(18)12-29-8-7-22-19(24)6-5-14-9-17(23(25)26)10-16-11-27-13-28-20(14)16/h1-6,9-10H,7-8,11-13H2,(H,22,24)/b6-5+. The van der Waals surface area contributed by atoms with Crippen molar-refractivity contribution in [2.24, 2.45) is 0 Å². The number of hydrogen-bond donors (Lipinski definition) is 1. The highest BCUT2D eigenvalue weighted by atomic mass is 32.2. The molecule has 0 fully saturated rings. The Kier molecular flexibility index (Phi) is 7.20. The Bertz CT molecular complexity index is 935. The Morgan fingerprint density at radius 1 is 1.34 bits per heavy atom. The van der Waals surface area contributed by atoms with E-state index in [0.717, 1.165) is 0 Å². The maximum Gasteiger partial charge on any atom is 0.270 e. The van der Waals surface area contributed by atoms with E-state index in [1.807, 2.05) is 0 Å². The van der Waals surface area contributed by atoms with Crippen LogP contribution >= 0.6 is 11.8 Å². The van der Waals surface area contributed by atoms with Crippen LogP contribution in [-0.2, 0) is 21.9 Å². The molecule has 1 heterocycles. The lowest BCUT2D eigenvalue weighted by Crippen LogP contribution is -2.23. The maximum atomic E-state index is 13.5. The zero-order valence-corrected chi connectivity index (χ0v) is 16.2. The fraction of sp³-hybridized carbons (Fsp3) is 0.250. The van der Waals surface area contributed by atoms with E-state index in [0.29, 0.717) is 40.5 Å².